The lowest BCUT2D eigenvalue weighted by Crippen LogP contribution is -2.64. The zero-order valence-electron chi connectivity index (χ0n) is 13.5. The first-order valence-electron chi connectivity index (χ1n) is 7.79. The molecule has 0 aromatic heterocycles. The fourth-order valence-electron chi connectivity index (χ4n) is 2.76. The van der Waals surface area contributed by atoms with Crippen molar-refractivity contribution in [3.8, 4) is 0 Å². The molecule has 10 nitrogen and oxygen atoms in total. The van der Waals surface area contributed by atoms with Gasteiger partial charge in [0.1, 0.15) is 42.7 Å². The Hall–Kier alpha value is -0.680. The van der Waals surface area contributed by atoms with Gasteiger partial charge >= 0.3 is 6.36 Å². The second-order valence-corrected chi connectivity index (χ2v) is 6.02. The van der Waals surface area contributed by atoms with E-state index in [4.69, 9.17) is 14.6 Å². The Bertz CT molecular complexity index is 479. The van der Waals surface area contributed by atoms with Crippen LogP contribution in [0.15, 0.2) is 0 Å². The largest absolute Gasteiger partial charge is 0.524 e. The van der Waals surface area contributed by atoms with Crippen LogP contribution in [0, 0.1) is 0 Å². The van der Waals surface area contributed by atoms with E-state index in [9.17, 15) is 43.1 Å². The summed E-state index contributed by atoms with van der Waals surface area (Å²) >= 11 is 0. The Morgan fingerprint density at radius 1 is 0.778 bits per heavy atom. The summed E-state index contributed by atoms with van der Waals surface area (Å²) in [7, 11) is 0. The van der Waals surface area contributed by atoms with Crippen molar-refractivity contribution < 1.29 is 67.1 Å². The number of hydrogen-bond donors (Lipinski definition) is 6. The number of aliphatic hydroxyl groups excluding tert-OH is 6. The standard InChI is InChI=1S/C13H20F4O10/c14-5-7(21)10(4(2-19)25-11(5)27-13(15,16)17)26-12-9(23)8(22)6(20)3(1-18)24-12/h3-12,18-23H,1-2H2/t3-,4-,5+,6+,7-,8+,9-,10?,11+,12?/m1/s1. The lowest BCUT2D eigenvalue weighted by atomic mass is 9.97. The highest BCUT2D eigenvalue weighted by molar-refractivity contribution is 4.94. The van der Waals surface area contributed by atoms with Gasteiger partial charge in [-0.05, 0) is 0 Å². The van der Waals surface area contributed by atoms with Crippen molar-refractivity contribution >= 4 is 0 Å². The molecule has 2 fully saturated rings. The first-order valence-corrected chi connectivity index (χ1v) is 7.79. The highest BCUT2D eigenvalue weighted by Gasteiger charge is 2.53. The third-order valence-corrected chi connectivity index (χ3v) is 4.17. The van der Waals surface area contributed by atoms with Crippen LogP contribution in [-0.4, -0.2) is 112 Å². The molecule has 0 amide bonds. The van der Waals surface area contributed by atoms with Crippen molar-refractivity contribution in [2.24, 2.45) is 0 Å². The van der Waals surface area contributed by atoms with E-state index in [0.29, 0.717) is 0 Å². The summed E-state index contributed by atoms with van der Waals surface area (Å²) < 4.78 is 69.1. The van der Waals surface area contributed by atoms with Crippen molar-refractivity contribution in [2.45, 2.75) is 67.8 Å². The molecule has 10 atom stereocenters. The topological polar surface area (TPSA) is 158 Å². The molecule has 2 aliphatic rings. The molecular weight excluding hydrogens is 392 g/mol. The van der Waals surface area contributed by atoms with Gasteiger partial charge in [-0.25, -0.2) is 4.39 Å². The molecule has 0 aliphatic carbocycles. The second-order valence-electron chi connectivity index (χ2n) is 6.02. The van der Waals surface area contributed by atoms with Gasteiger partial charge < -0.3 is 44.8 Å². The van der Waals surface area contributed by atoms with Gasteiger partial charge in [0.05, 0.1) is 13.2 Å². The highest BCUT2D eigenvalue weighted by atomic mass is 19.4. The molecule has 0 aromatic carbocycles. The molecule has 0 saturated carbocycles. The van der Waals surface area contributed by atoms with Gasteiger partial charge in [-0.2, -0.15) is 0 Å². The number of rotatable bonds is 5. The smallest absolute Gasteiger partial charge is 0.394 e. The van der Waals surface area contributed by atoms with Gasteiger partial charge in [-0.3, -0.25) is 4.74 Å². The van der Waals surface area contributed by atoms with Crippen LogP contribution >= 0.6 is 0 Å². The van der Waals surface area contributed by atoms with Crippen LogP contribution in [0.5, 0.6) is 0 Å². The Balaban J connectivity index is 2.12. The zero-order chi connectivity index (χ0) is 20.5. The first-order chi connectivity index (χ1) is 12.5. The lowest BCUT2D eigenvalue weighted by Gasteiger charge is -2.45. The van der Waals surface area contributed by atoms with E-state index in [-0.39, 0.29) is 0 Å². The normalized spacial score (nSPS) is 46.4. The average molecular weight is 412 g/mol. The summed E-state index contributed by atoms with van der Waals surface area (Å²) in [6.07, 6.45) is -25.1. The average Bonchev–Trinajstić information content (AvgIpc) is 2.60. The Labute approximate surface area is 149 Å². The third kappa shape index (κ3) is 5.03. The third-order valence-electron chi connectivity index (χ3n) is 4.17. The molecule has 2 unspecified atom stereocenters. The number of alkyl halides is 4. The van der Waals surface area contributed by atoms with Crippen molar-refractivity contribution in [3.05, 3.63) is 0 Å². The van der Waals surface area contributed by atoms with Crippen LogP contribution in [-0.2, 0) is 18.9 Å². The van der Waals surface area contributed by atoms with Gasteiger partial charge in [0.15, 0.2) is 12.5 Å². The molecular formula is C13H20F4O10. The quantitative estimate of drug-likeness (QED) is 0.259. The summed E-state index contributed by atoms with van der Waals surface area (Å²) in [6.45, 7) is -1.82. The molecule has 2 rings (SSSR count). The van der Waals surface area contributed by atoms with Crippen molar-refractivity contribution in [1.29, 1.82) is 0 Å². The number of aliphatic hydroxyl groups is 6. The van der Waals surface area contributed by atoms with Crippen LogP contribution in [0.1, 0.15) is 0 Å². The van der Waals surface area contributed by atoms with E-state index in [1.807, 2.05) is 0 Å². The van der Waals surface area contributed by atoms with E-state index < -0.39 is 81.1 Å². The fraction of sp³-hybridized carbons (Fsp3) is 1.00. The molecule has 2 heterocycles. The summed E-state index contributed by atoms with van der Waals surface area (Å²) in [5.41, 5.74) is 0. The Morgan fingerprint density at radius 2 is 1.33 bits per heavy atom. The minimum Gasteiger partial charge on any atom is -0.394 e. The minimum atomic E-state index is -5.28. The maximum atomic E-state index is 14.1. The van der Waals surface area contributed by atoms with Gasteiger partial charge in [-0.1, -0.05) is 0 Å². The van der Waals surface area contributed by atoms with Crippen LogP contribution < -0.4 is 0 Å². The van der Waals surface area contributed by atoms with Gasteiger partial charge in [0, 0.05) is 0 Å². The van der Waals surface area contributed by atoms with Gasteiger partial charge in [0.2, 0.25) is 6.29 Å². The van der Waals surface area contributed by atoms with E-state index in [1.165, 1.54) is 0 Å². The zero-order valence-corrected chi connectivity index (χ0v) is 13.5. The second kappa shape index (κ2) is 8.77. The number of halogens is 4. The van der Waals surface area contributed by atoms with E-state index in [2.05, 4.69) is 9.47 Å². The van der Waals surface area contributed by atoms with Crippen LogP contribution in [0.4, 0.5) is 17.6 Å². The van der Waals surface area contributed by atoms with Crippen LogP contribution in [0.3, 0.4) is 0 Å². The monoisotopic (exact) mass is 412 g/mol. The van der Waals surface area contributed by atoms with Gasteiger partial charge in [-0.15, -0.1) is 13.2 Å². The molecule has 0 bridgehead atoms. The fourth-order valence-corrected chi connectivity index (χ4v) is 2.76. The molecule has 0 aromatic rings. The molecule has 0 spiro atoms. The highest BCUT2D eigenvalue weighted by Crippen LogP contribution is 2.33. The molecule has 6 N–H and O–H groups in total. The van der Waals surface area contributed by atoms with Crippen LogP contribution in [0.25, 0.3) is 0 Å². The molecule has 2 saturated heterocycles. The maximum Gasteiger partial charge on any atom is 0.524 e. The van der Waals surface area contributed by atoms with Crippen molar-refractivity contribution in [1.82, 2.24) is 0 Å². The van der Waals surface area contributed by atoms with Crippen molar-refractivity contribution in [2.75, 3.05) is 13.2 Å². The van der Waals surface area contributed by atoms with E-state index in [1.54, 1.807) is 0 Å². The molecule has 0 radical (unpaired) electrons. The number of ether oxygens (including phenoxy) is 4. The molecule has 14 heteroatoms. The summed E-state index contributed by atoms with van der Waals surface area (Å²) in [5.74, 6) is 0. The lowest BCUT2D eigenvalue weighted by molar-refractivity contribution is -0.419. The van der Waals surface area contributed by atoms with Crippen LogP contribution in [0.2, 0.25) is 0 Å². The molecule has 160 valence electrons. The molecule has 27 heavy (non-hydrogen) atoms. The van der Waals surface area contributed by atoms with Crippen molar-refractivity contribution in [3.63, 3.8) is 0 Å². The Kier molecular flexibility index (Phi) is 7.34. The van der Waals surface area contributed by atoms with Gasteiger partial charge in [0.25, 0.3) is 0 Å². The Morgan fingerprint density at radius 3 is 1.85 bits per heavy atom. The summed E-state index contributed by atoms with van der Waals surface area (Å²) in [6, 6.07) is 0. The summed E-state index contributed by atoms with van der Waals surface area (Å²) in [4.78, 5) is 0. The number of hydrogen-bond acceptors (Lipinski definition) is 10. The maximum absolute atomic E-state index is 14.1. The first kappa shape index (κ1) is 22.6. The van der Waals surface area contributed by atoms with E-state index in [0.717, 1.165) is 0 Å². The predicted octanol–water partition coefficient (Wildman–Crippen LogP) is -2.88. The SMILES string of the molecule is OC[C@H]1O[C@@H](OC(F)(F)F)[C@@H](F)[C@@H](O)C1OC1O[C@H](CO)[C@H](O)[C@H](O)[C@H]1O. The minimum absolute atomic E-state index is 0.800. The predicted molar refractivity (Wildman–Crippen MR) is 72.4 cm³/mol. The molecule has 2 aliphatic heterocycles. The van der Waals surface area contributed by atoms with E-state index >= 15 is 0 Å². The summed E-state index contributed by atoms with van der Waals surface area (Å²) in [5, 5.41) is 57.5.